The highest BCUT2D eigenvalue weighted by atomic mass is 32.1. The molecule has 2 amide bonds. The number of benzene rings is 1. The fourth-order valence-electron chi connectivity index (χ4n) is 3.24. The Morgan fingerprint density at radius 3 is 2.70 bits per heavy atom. The van der Waals surface area contributed by atoms with Crippen LogP contribution >= 0.6 is 22.7 Å². The Bertz CT molecular complexity index is 1250. The van der Waals surface area contributed by atoms with E-state index in [2.05, 4.69) is 45.0 Å². The third kappa shape index (κ3) is 3.61. The highest BCUT2D eigenvalue weighted by Crippen LogP contribution is 2.31. The first-order chi connectivity index (χ1) is 14.4. The zero-order valence-electron chi connectivity index (χ0n) is 17.1. The van der Waals surface area contributed by atoms with E-state index in [-0.39, 0.29) is 11.8 Å². The van der Waals surface area contributed by atoms with Gasteiger partial charge in [-0.05, 0) is 26.0 Å². The number of aryl methyl sites for hydroxylation is 2. The second-order valence-corrected chi connectivity index (χ2v) is 8.81. The third-order valence-electron chi connectivity index (χ3n) is 4.70. The van der Waals surface area contributed by atoms with E-state index >= 15 is 0 Å². The highest BCUT2D eigenvalue weighted by molar-refractivity contribution is 7.17. The molecule has 0 bridgehead atoms. The SMILES string of the molecule is CCn1c(-c2nc(C(=O)Nc3nc(C)c(C(=O)N(C)C)s3)cs2)cc2ccccc21. The van der Waals surface area contributed by atoms with E-state index in [1.807, 2.05) is 12.1 Å². The molecule has 0 aliphatic rings. The minimum absolute atomic E-state index is 0.131. The predicted molar refractivity (Wildman–Crippen MR) is 122 cm³/mol. The van der Waals surface area contributed by atoms with Crippen molar-refractivity contribution in [2.75, 3.05) is 19.4 Å². The number of fused-ring (bicyclic) bond motifs is 1. The van der Waals surface area contributed by atoms with Crippen molar-refractivity contribution in [2.24, 2.45) is 0 Å². The quantitative estimate of drug-likeness (QED) is 0.496. The van der Waals surface area contributed by atoms with Gasteiger partial charge in [-0.25, -0.2) is 9.97 Å². The van der Waals surface area contributed by atoms with Gasteiger partial charge < -0.3 is 9.47 Å². The summed E-state index contributed by atoms with van der Waals surface area (Å²) in [4.78, 5) is 35.8. The summed E-state index contributed by atoms with van der Waals surface area (Å²) in [6.07, 6.45) is 0. The molecule has 3 heterocycles. The number of rotatable bonds is 5. The lowest BCUT2D eigenvalue weighted by Crippen LogP contribution is -2.21. The lowest BCUT2D eigenvalue weighted by atomic mass is 10.2. The van der Waals surface area contributed by atoms with Crippen molar-refractivity contribution in [1.29, 1.82) is 0 Å². The monoisotopic (exact) mass is 439 g/mol. The molecule has 0 fully saturated rings. The standard InChI is InChI=1S/C21H21N5O2S2/c1-5-26-15-9-7-6-8-13(15)10-16(26)19-23-14(11-29-19)18(27)24-21-22-12(2)17(30-21)20(28)25(3)4/h6-11H,5H2,1-4H3,(H,22,24,27). The normalized spacial score (nSPS) is 11.1. The van der Waals surface area contributed by atoms with Crippen LogP contribution < -0.4 is 5.32 Å². The van der Waals surface area contributed by atoms with Gasteiger partial charge in [0.1, 0.15) is 15.6 Å². The first-order valence-electron chi connectivity index (χ1n) is 9.43. The number of thiazole rings is 2. The summed E-state index contributed by atoms with van der Waals surface area (Å²) in [5.74, 6) is -0.469. The molecule has 0 spiro atoms. The van der Waals surface area contributed by atoms with Crippen molar-refractivity contribution in [3.05, 3.63) is 52.0 Å². The third-order valence-corrected chi connectivity index (χ3v) is 6.63. The van der Waals surface area contributed by atoms with Gasteiger partial charge in [0, 0.05) is 36.9 Å². The van der Waals surface area contributed by atoms with Crippen LogP contribution in [-0.2, 0) is 6.54 Å². The van der Waals surface area contributed by atoms with Gasteiger partial charge in [0.15, 0.2) is 5.13 Å². The van der Waals surface area contributed by atoms with Gasteiger partial charge in [0.25, 0.3) is 11.8 Å². The van der Waals surface area contributed by atoms with Crippen LogP contribution in [0.1, 0.15) is 32.8 Å². The van der Waals surface area contributed by atoms with Crippen LogP contribution in [0.25, 0.3) is 21.6 Å². The van der Waals surface area contributed by atoms with Gasteiger partial charge in [0.05, 0.1) is 11.4 Å². The summed E-state index contributed by atoms with van der Waals surface area (Å²) >= 11 is 2.60. The number of hydrogen-bond donors (Lipinski definition) is 1. The molecule has 0 aliphatic heterocycles. The molecule has 0 saturated heterocycles. The molecule has 30 heavy (non-hydrogen) atoms. The Kier molecular flexibility index (Phi) is 5.40. The summed E-state index contributed by atoms with van der Waals surface area (Å²) in [7, 11) is 3.37. The Morgan fingerprint density at radius 2 is 1.97 bits per heavy atom. The molecular weight excluding hydrogens is 418 g/mol. The minimum Gasteiger partial charge on any atom is -0.344 e. The Morgan fingerprint density at radius 1 is 1.20 bits per heavy atom. The summed E-state index contributed by atoms with van der Waals surface area (Å²) < 4.78 is 2.19. The van der Waals surface area contributed by atoms with Gasteiger partial charge in [-0.3, -0.25) is 14.9 Å². The molecule has 1 aromatic carbocycles. The van der Waals surface area contributed by atoms with Crippen LogP contribution in [0, 0.1) is 6.92 Å². The van der Waals surface area contributed by atoms with Crippen LogP contribution in [-0.4, -0.2) is 45.3 Å². The predicted octanol–water partition coefficient (Wildman–Crippen LogP) is 4.50. The van der Waals surface area contributed by atoms with E-state index in [0.717, 1.165) is 28.1 Å². The van der Waals surface area contributed by atoms with Crippen molar-refractivity contribution >= 4 is 50.5 Å². The molecule has 0 radical (unpaired) electrons. The fraction of sp³-hybridized carbons (Fsp3) is 0.238. The average Bonchev–Trinajstić information content (AvgIpc) is 3.43. The first kappa shape index (κ1) is 20.2. The topological polar surface area (TPSA) is 80.1 Å². The van der Waals surface area contributed by atoms with E-state index in [0.29, 0.717) is 21.4 Å². The fourth-order valence-corrected chi connectivity index (χ4v) is 5.04. The van der Waals surface area contributed by atoms with Crippen molar-refractivity contribution in [1.82, 2.24) is 19.4 Å². The van der Waals surface area contributed by atoms with Crippen LogP contribution in [0.5, 0.6) is 0 Å². The van der Waals surface area contributed by atoms with E-state index in [1.54, 1.807) is 26.4 Å². The smallest absolute Gasteiger partial charge is 0.276 e. The number of hydrogen-bond acceptors (Lipinski definition) is 6. The molecule has 3 aromatic heterocycles. The minimum atomic E-state index is -0.339. The van der Waals surface area contributed by atoms with Crippen molar-refractivity contribution < 1.29 is 9.59 Å². The average molecular weight is 440 g/mol. The lowest BCUT2D eigenvalue weighted by molar-refractivity contribution is 0.0831. The number of para-hydroxylation sites is 1. The van der Waals surface area contributed by atoms with Gasteiger partial charge in [-0.2, -0.15) is 0 Å². The van der Waals surface area contributed by atoms with Crippen LogP contribution in [0.15, 0.2) is 35.7 Å². The molecule has 7 nitrogen and oxygen atoms in total. The zero-order chi connectivity index (χ0) is 21.4. The number of amides is 2. The van der Waals surface area contributed by atoms with E-state index < -0.39 is 0 Å². The molecule has 0 unspecified atom stereocenters. The molecule has 1 N–H and O–H groups in total. The summed E-state index contributed by atoms with van der Waals surface area (Å²) in [5.41, 5.74) is 3.07. The Hall–Kier alpha value is -3.04. The number of anilines is 1. The molecule has 0 aliphatic carbocycles. The lowest BCUT2D eigenvalue weighted by Gasteiger charge is -2.07. The van der Waals surface area contributed by atoms with Gasteiger partial charge >= 0.3 is 0 Å². The van der Waals surface area contributed by atoms with Crippen LogP contribution in [0.4, 0.5) is 5.13 Å². The summed E-state index contributed by atoms with van der Waals surface area (Å²) in [6, 6.07) is 10.3. The van der Waals surface area contributed by atoms with E-state index in [4.69, 9.17) is 0 Å². The molecule has 4 rings (SSSR count). The van der Waals surface area contributed by atoms with Crippen LogP contribution in [0.3, 0.4) is 0 Å². The van der Waals surface area contributed by atoms with Gasteiger partial charge in [-0.1, -0.05) is 29.5 Å². The summed E-state index contributed by atoms with van der Waals surface area (Å²) in [6.45, 7) is 4.66. The first-order valence-corrected chi connectivity index (χ1v) is 11.1. The Balaban J connectivity index is 1.59. The maximum atomic E-state index is 12.7. The molecule has 4 aromatic rings. The molecule has 154 valence electrons. The van der Waals surface area contributed by atoms with E-state index in [9.17, 15) is 9.59 Å². The van der Waals surface area contributed by atoms with Crippen molar-refractivity contribution in [2.45, 2.75) is 20.4 Å². The largest absolute Gasteiger partial charge is 0.344 e. The highest BCUT2D eigenvalue weighted by Gasteiger charge is 2.20. The molecule has 0 saturated carbocycles. The second kappa shape index (κ2) is 8.00. The number of aromatic nitrogens is 3. The van der Waals surface area contributed by atoms with Gasteiger partial charge in [0.2, 0.25) is 0 Å². The Labute approximate surface area is 182 Å². The number of carbonyl (C=O) groups excluding carboxylic acids is 2. The van der Waals surface area contributed by atoms with Crippen LogP contribution in [0.2, 0.25) is 0 Å². The molecular formula is C21H21N5O2S2. The molecule has 9 heteroatoms. The molecule has 0 atom stereocenters. The number of nitrogens with zero attached hydrogens (tertiary/aromatic N) is 4. The van der Waals surface area contributed by atoms with Crippen molar-refractivity contribution in [3.8, 4) is 10.7 Å². The summed E-state index contributed by atoms with van der Waals surface area (Å²) in [5, 5.41) is 6.84. The van der Waals surface area contributed by atoms with Crippen molar-refractivity contribution in [3.63, 3.8) is 0 Å². The number of nitrogens with one attached hydrogen (secondary N) is 1. The van der Waals surface area contributed by atoms with Gasteiger partial charge in [-0.15, -0.1) is 11.3 Å². The maximum absolute atomic E-state index is 12.7. The maximum Gasteiger partial charge on any atom is 0.276 e. The zero-order valence-corrected chi connectivity index (χ0v) is 18.7. The number of carbonyl (C=O) groups is 2. The second-order valence-electron chi connectivity index (χ2n) is 6.96. The van der Waals surface area contributed by atoms with E-state index in [1.165, 1.54) is 27.6 Å².